The Bertz CT molecular complexity index is 355. The van der Waals surface area contributed by atoms with Crippen LogP contribution >= 0.6 is 0 Å². The van der Waals surface area contributed by atoms with Crippen LogP contribution in [-0.2, 0) is 4.79 Å². The van der Waals surface area contributed by atoms with Gasteiger partial charge in [0.1, 0.15) is 0 Å². The van der Waals surface area contributed by atoms with Gasteiger partial charge in [0.15, 0.2) is 0 Å². The van der Waals surface area contributed by atoms with Crippen molar-refractivity contribution in [1.82, 2.24) is 16.0 Å². The summed E-state index contributed by atoms with van der Waals surface area (Å²) < 4.78 is 0. The van der Waals surface area contributed by atoms with Gasteiger partial charge in [-0.1, -0.05) is 19.3 Å². The topological polar surface area (TPSA) is 70.2 Å². The van der Waals surface area contributed by atoms with Crippen molar-refractivity contribution < 1.29 is 9.59 Å². The maximum absolute atomic E-state index is 12.1. The minimum atomic E-state index is -0.120. The third-order valence-electron chi connectivity index (χ3n) is 4.88. The van der Waals surface area contributed by atoms with Crippen molar-refractivity contribution in [3.63, 3.8) is 0 Å². The maximum Gasteiger partial charge on any atom is 0.315 e. The lowest BCUT2D eigenvalue weighted by molar-refractivity contribution is -0.126. The van der Waals surface area contributed by atoms with Crippen LogP contribution in [0.2, 0.25) is 0 Å². The Morgan fingerprint density at radius 1 is 1.05 bits per heavy atom. The van der Waals surface area contributed by atoms with Crippen LogP contribution in [-0.4, -0.2) is 31.1 Å². The first-order valence-electron chi connectivity index (χ1n) is 7.90. The summed E-state index contributed by atoms with van der Waals surface area (Å²) in [6.07, 6.45) is 7.61. The van der Waals surface area contributed by atoms with Crippen LogP contribution in [0.25, 0.3) is 0 Å². The number of urea groups is 1. The van der Waals surface area contributed by atoms with Crippen LogP contribution in [0.15, 0.2) is 0 Å². The fourth-order valence-electron chi connectivity index (χ4n) is 3.28. The molecule has 2 aliphatic carbocycles. The van der Waals surface area contributed by atoms with Crippen molar-refractivity contribution >= 4 is 11.9 Å². The molecule has 0 heterocycles. The molecule has 5 heteroatoms. The second kappa shape index (κ2) is 6.95. The fourth-order valence-corrected chi connectivity index (χ4v) is 3.28. The van der Waals surface area contributed by atoms with Crippen LogP contribution in [0.1, 0.15) is 51.9 Å². The number of carbonyl (C=O) groups excluding carboxylic acids is 2. The van der Waals surface area contributed by atoms with E-state index >= 15 is 0 Å². The highest BCUT2D eigenvalue weighted by molar-refractivity contribution is 5.81. The molecule has 2 fully saturated rings. The summed E-state index contributed by atoms with van der Waals surface area (Å²) in [5.41, 5.74) is 0. The molecule has 0 aromatic carbocycles. The van der Waals surface area contributed by atoms with E-state index in [0.717, 1.165) is 25.7 Å². The summed E-state index contributed by atoms with van der Waals surface area (Å²) in [4.78, 5) is 23.9. The van der Waals surface area contributed by atoms with Crippen molar-refractivity contribution in [3.8, 4) is 0 Å². The summed E-state index contributed by atoms with van der Waals surface area (Å²) >= 11 is 0. The van der Waals surface area contributed by atoms with Crippen molar-refractivity contribution in [3.05, 3.63) is 0 Å². The number of carbonyl (C=O) groups is 2. The van der Waals surface area contributed by atoms with Crippen LogP contribution in [0, 0.1) is 11.8 Å². The molecule has 5 nitrogen and oxygen atoms in total. The average molecular weight is 281 g/mol. The Morgan fingerprint density at radius 3 is 2.35 bits per heavy atom. The number of hydrogen-bond donors (Lipinski definition) is 3. The first kappa shape index (κ1) is 15.1. The molecular weight excluding hydrogens is 254 g/mol. The zero-order valence-corrected chi connectivity index (χ0v) is 12.6. The standard InChI is InChI=1S/C15H27N3O2/c1-10(11-6-5-7-11)17-15(20)18-13-9-4-3-8-12(13)14(19)16-2/h10-13H,3-9H2,1-2H3,(H,16,19)(H2,17,18,20)/t10-,12-,13-/m1/s1. The van der Waals surface area contributed by atoms with E-state index in [1.165, 1.54) is 19.3 Å². The van der Waals surface area contributed by atoms with Gasteiger partial charge in [-0.15, -0.1) is 0 Å². The van der Waals surface area contributed by atoms with Crippen molar-refractivity contribution in [2.75, 3.05) is 7.05 Å². The lowest BCUT2D eigenvalue weighted by atomic mass is 9.80. The Labute approximate surface area is 121 Å². The number of nitrogens with one attached hydrogen (secondary N) is 3. The van der Waals surface area contributed by atoms with Crippen LogP contribution in [0.4, 0.5) is 4.79 Å². The molecular formula is C15H27N3O2. The summed E-state index contributed by atoms with van der Waals surface area (Å²) in [7, 11) is 1.66. The highest BCUT2D eigenvalue weighted by Crippen LogP contribution is 2.29. The molecule has 3 atom stereocenters. The highest BCUT2D eigenvalue weighted by Gasteiger charge is 2.32. The molecule has 0 aromatic heterocycles. The van der Waals surface area contributed by atoms with Gasteiger partial charge in [-0.25, -0.2) is 4.79 Å². The van der Waals surface area contributed by atoms with Crippen LogP contribution < -0.4 is 16.0 Å². The molecule has 2 rings (SSSR count). The summed E-state index contributed by atoms with van der Waals surface area (Å²) in [5.74, 6) is 0.586. The molecule has 2 saturated carbocycles. The Hall–Kier alpha value is -1.26. The predicted molar refractivity (Wildman–Crippen MR) is 78.3 cm³/mol. The van der Waals surface area contributed by atoms with E-state index in [1.54, 1.807) is 7.05 Å². The molecule has 0 saturated heterocycles. The van der Waals surface area contributed by atoms with Crippen molar-refractivity contribution in [2.24, 2.45) is 11.8 Å². The highest BCUT2D eigenvalue weighted by atomic mass is 16.2. The summed E-state index contributed by atoms with van der Waals surface area (Å²) in [5, 5.41) is 8.74. The van der Waals surface area contributed by atoms with Gasteiger partial charge in [0, 0.05) is 19.1 Å². The first-order valence-corrected chi connectivity index (χ1v) is 7.90. The normalized spacial score (nSPS) is 28.1. The smallest absolute Gasteiger partial charge is 0.315 e. The van der Waals surface area contributed by atoms with E-state index in [0.29, 0.717) is 5.92 Å². The lowest BCUT2D eigenvalue weighted by Crippen LogP contribution is -2.53. The zero-order valence-electron chi connectivity index (χ0n) is 12.6. The van der Waals surface area contributed by atoms with Crippen LogP contribution in [0.3, 0.4) is 0 Å². The monoisotopic (exact) mass is 281 g/mol. The van der Waals surface area contributed by atoms with E-state index < -0.39 is 0 Å². The van der Waals surface area contributed by atoms with Gasteiger partial charge in [-0.2, -0.15) is 0 Å². The van der Waals surface area contributed by atoms with E-state index in [2.05, 4.69) is 22.9 Å². The molecule has 0 radical (unpaired) electrons. The molecule has 0 aliphatic heterocycles. The number of amides is 3. The first-order chi connectivity index (χ1) is 9.61. The molecule has 3 N–H and O–H groups in total. The maximum atomic E-state index is 12.1. The van der Waals surface area contributed by atoms with Gasteiger partial charge in [0.05, 0.1) is 5.92 Å². The van der Waals surface area contributed by atoms with Gasteiger partial charge in [0.25, 0.3) is 0 Å². The summed E-state index contributed by atoms with van der Waals surface area (Å²) in [6, 6.07) is 0.0771. The molecule has 114 valence electrons. The SMILES string of the molecule is CNC(=O)[C@@H]1CCCC[C@H]1NC(=O)N[C@H](C)C1CCC1. The van der Waals surface area contributed by atoms with E-state index in [1.807, 2.05) is 0 Å². The van der Waals surface area contributed by atoms with Crippen LogP contribution in [0.5, 0.6) is 0 Å². The minimum absolute atomic E-state index is 0.0303. The Balaban J connectivity index is 1.82. The molecule has 2 aliphatic rings. The van der Waals surface area contributed by atoms with Gasteiger partial charge >= 0.3 is 6.03 Å². The zero-order chi connectivity index (χ0) is 14.5. The number of hydrogen-bond acceptors (Lipinski definition) is 2. The van der Waals surface area contributed by atoms with Crippen molar-refractivity contribution in [1.29, 1.82) is 0 Å². The van der Waals surface area contributed by atoms with Gasteiger partial charge in [-0.3, -0.25) is 4.79 Å². The molecule has 0 aromatic rings. The predicted octanol–water partition coefficient (Wildman–Crippen LogP) is 1.78. The molecule has 0 unspecified atom stereocenters. The molecule has 0 spiro atoms. The second-order valence-electron chi connectivity index (χ2n) is 6.21. The lowest BCUT2D eigenvalue weighted by Gasteiger charge is -2.34. The largest absolute Gasteiger partial charge is 0.359 e. The van der Waals surface area contributed by atoms with E-state index in [4.69, 9.17) is 0 Å². The quantitative estimate of drug-likeness (QED) is 0.735. The summed E-state index contributed by atoms with van der Waals surface area (Å²) in [6.45, 7) is 2.07. The fraction of sp³-hybridized carbons (Fsp3) is 0.867. The third-order valence-corrected chi connectivity index (χ3v) is 4.88. The third kappa shape index (κ3) is 3.64. The molecule has 3 amide bonds. The molecule has 20 heavy (non-hydrogen) atoms. The van der Waals surface area contributed by atoms with Gasteiger partial charge in [-0.05, 0) is 38.5 Å². The van der Waals surface area contributed by atoms with E-state index in [9.17, 15) is 9.59 Å². The number of rotatable bonds is 4. The average Bonchev–Trinajstić information content (AvgIpc) is 2.36. The minimum Gasteiger partial charge on any atom is -0.359 e. The Kier molecular flexibility index (Phi) is 5.26. The molecule has 0 bridgehead atoms. The Morgan fingerprint density at radius 2 is 1.75 bits per heavy atom. The van der Waals surface area contributed by atoms with Gasteiger partial charge < -0.3 is 16.0 Å². The van der Waals surface area contributed by atoms with Gasteiger partial charge in [0.2, 0.25) is 5.91 Å². The van der Waals surface area contributed by atoms with E-state index in [-0.39, 0.29) is 29.9 Å². The second-order valence-corrected chi connectivity index (χ2v) is 6.21. The van der Waals surface area contributed by atoms with Crippen molar-refractivity contribution in [2.45, 2.75) is 64.0 Å².